The van der Waals surface area contributed by atoms with Gasteiger partial charge in [-0.05, 0) is 32.0 Å². The molecule has 9 nitrogen and oxygen atoms in total. The average molecular weight is 417 g/mol. The normalized spacial score (nSPS) is 11.9. The number of hydrogen-bond acceptors (Lipinski definition) is 6. The largest absolute Gasteiger partial charge is 0.455 e. The van der Waals surface area contributed by atoms with Gasteiger partial charge in [0.05, 0.1) is 22.9 Å². The van der Waals surface area contributed by atoms with Crippen molar-refractivity contribution in [2.45, 2.75) is 26.3 Å². The van der Waals surface area contributed by atoms with Crippen LogP contribution in [0.25, 0.3) is 0 Å². The maximum absolute atomic E-state index is 12.9. The van der Waals surface area contributed by atoms with E-state index < -0.39 is 29.0 Å². The van der Waals surface area contributed by atoms with Gasteiger partial charge in [0, 0.05) is 24.0 Å². The number of anilines is 1. The minimum Gasteiger partial charge on any atom is -0.455 e. The molecule has 1 atom stereocenters. The molecule has 0 aliphatic carbocycles. The highest BCUT2D eigenvalue weighted by atomic mass is 19.3. The van der Waals surface area contributed by atoms with Crippen LogP contribution in [-0.4, -0.2) is 25.6 Å². The Morgan fingerprint density at radius 2 is 2.03 bits per heavy atom. The monoisotopic (exact) mass is 417 g/mol. The summed E-state index contributed by atoms with van der Waals surface area (Å²) in [7, 11) is 0. The number of rotatable bonds is 7. The van der Waals surface area contributed by atoms with E-state index in [9.17, 15) is 23.7 Å². The summed E-state index contributed by atoms with van der Waals surface area (Å²) < 4.78 is 32.4. The minimum absolute atomic E-state index is 0.110. The van der Waals surface area contributed by atoms with Crippen molar-refractivity contribution in [1.82, 2.24) is 14.8 Å². The third-order valence-corrected chi connectivity index (χ3v) is 4.15. The van der Waals surface area contributed by atoms with Crippen molar-refractivity contribution in [3.05, 3.63) is 70.3 Å². The highest BCUT2D eigenvalue weighted by Crippen LogP contribution is 2.30. The first-order valence-electron chi connectivity index (χ1n) is 8.77. The Hall–Kier alpha value is -3.89. The van der Waals surface area contributed by atoms with E-state index in [1.165, 1.54) is 42.1 Å². The number of pyridine rings is 1. The zero-order valence-electron chi connectivity index (χ0n) is 16.0. The fraction of sp³-hybridized carbons (Fsp3) is 0.211. The molecule has 0 spiro atoms. The summed E-state index contributed by atoms with van der Waals surface area (Å²) in [5, 5.41) is 17.5. The number of aryl methyl sites for hydroxylation is 1. The Kier molecular flexibility index (Phi) is 6.00. The smallest absolute Gasteiger partial charge is 0.282 e. The molecule has 0 fully saturated rings. The highest BCUT2D eigenvalue weighted by molar-refractivity contribution is 5.94. The lowest BCUT2D eigenvalue weighted by molar-refractivity contribution is -0.384. The van der Waals surface area contributed by atoms with Gasteiger partial charge in [-0.25, -0.2) is 8.78 Å². The Balaban J connectivity index is 1.84. The molecule has 0 aliphatic heterocycles. The summed E-state index contributed by atoms with van der Waals surface area (Å²) >= 11 is 0. The van der Waals surface area contributed by atoms with Gasteiger partial charge in [-0.3, -0.25) is 24.6 Å². The van der Waals surface area contributed by atoms with E-state index in [1.807, 2.05) is 0 Å². The number of carbonyl (C=O) groups excluding carboxylic acids is 1. The van der Waals surface area contributed by atoms with Crippen molar-refractivity contribution < 1.29 is 23.2 Å². The molecular weight excluding hydrogens is 400 g/mol. The third kappa shape index (κ3) is 4.74. The van der Waals surface area contributed by atoms with E-state index in [4.69, 9.17) is 4.74 Å². The first-order valence-corrected chi connectivity index (χ1v) is 8.77. The molecular formula is C19H17F2N5O4. The molecule has 0 radical (unpaired) electrons. The van der Waals surface area contributed by atoms with E-state index in [0.29, 0.717) is 11.4 Å². The number of aromatic nitrogens is 3. The number of nitro benzene ring substituents is 1. The van der Waals surface area contributed by atoms with Crippen LogP contribution in [0.5, 0.6) is 11.5 Å². The molecule has 1 N–H and O–H groups in total. The highest BCUT2D eigenvalue weighted by Gasteiger charge is 2.22. The quantitative estimate of drug-likeness (QED) is 0.450. The number of benzene rings is 1. The summed E-state index contributed by atoms with van der Waals surface area (Å²) in [5.74, 6) is -0.111. The average Bonchev–Trinajstić information content (AvgIpc) is 3.10. The van der Waals surface area contributed by atoms with Crippen LogP contribution in [0.1, 0.15) is 30.8 Å². The molecule has 0 saturated heterocycles. The van der Waals surface area contributed by atoms with E-state index in [0.717, 1.165) is 0 Å². The molecule has 3 rings (SSSR count). The number of nitrogens with one attached hydrogen (secondary N) is 1. The number of carbonyl (C=O) groups is 1. The van der Waals surface area contributed by atoms with E-state index in [2.05, 4.69) is 15.4 Å². The molecule has 1 amide bonds. The van der Waals surface area contributed by atoms with Crippen molar-refractivity contribution in [1.29, 1.82) is 0 Å². The lowest BCUT2D eigenvalue weighted by Crippen LogP contribution is -2.25. The Bertz CT molecular complexity index is 1070. The molecule has 1 unspecified atom stereocenters. The van der Waals surface area contributed by atoms with Crippen molar-refractivity contribution in [3.63, 3.8) is 0 Å². The Morgan fingerprint density at radius 1 is 1.27 bits per heavy atom. The van der Waals surface area contributed by atoms with Crippen LogP contribution in [0.3, 0.4) is 0 Å². The van der Waals surface area contributed by atoms with E-state index in [1.54, 1.807) is 25.3 Å². The number of hydrogen-bond donors (Lipinski definition) is 1. The van der Waals surface area contributed by atoms with Crippen LogP contribution in [0.2, 0.25) is 0 Å². The van der Waals surface area contributed by atoms with Gasteiger partial charge in [-0.15, -0.1) is 0 Å². The zero-order valence-corrected chi connectivity index (χ0v) is 16.0. The van der Waals surface area contributed by atoms with Crippen LogP contribution < -0.4 is 10.1 Å². The Morgan fingerprint density at radius 3 is 2.63 bits per heavy atom. The number of alkyl halides is 2. The zero-order chi connectivity index (χ0) is 21.8. The number of amides is 1. The third-order valence-electron chi connectivity index (χ3n) is 4.15. The molecule has 11 heteroatoms. The summed E-state index contributed by atoms with van der Waals surface area (Å²) in [4.78, 5) is 27.1. The fourth-order valence-electron chi connectivity index (χ4n) is 2.73. The van der Waals surface area contributed by atoms with Crippen molar-refractivity contribution in [2.24, 2.45) is 0 Å². The molecule has 0 saturated carbocycles. The van der Waals surface area contributed by atoms with Gasteiger partial charge in [-0.1, -0.05) is 0 Å². The summed E-state index contributed by atoms with van der Waals surface area (Å²) in [6.45, 7) is 3.03. The van der Waals surface area contributed by atoms with Gasteiger partial charge >= 0.3 is 0 Å². The molecule has 156 valence electrons. The maximum atomic E-state index is 12.9. The summed E-state index contributed by atoms with van der Waals surface area (Å²) in [6.07, 6.45) is 0.216. The molecule has 2 aromatic heterocycles. The second-order valence-electron chi connectivity index (χ2n) is 6.38. The van der Waals surface area contributed by atoms with Crippen LogP contribution in [-0.2, 0) is 4.79 Å². The summed E-state index contributed by atoms with van der Waals surface area (Å²) in [6, 6.07) is 7.30. The van der Waals surface area contributed by atoms with Crippen LogP contribution in [0.4, 0.5) is 20.2 Å². The van der Waals surface area contributed by atoms with E-state index >= 15 is 0 Å². The second-order valence-corrected chi connectivity index (χ2v) is 6.38. The first-order chi connectivity index (χ1) is 14.2. The number of nitrogens with zero attached hydrogens (tertiary/aromatic N) is 4. The number of ether oxygens (including phenoxy) is 1. The maximum Gasteiger partial charge on any atom is 0.282 e. The predicted molar refractivity (Wildman–Crippen MR) is 103 cm³/mol. The molecule has 1 aromatic carbocycles. The Labute approximate surface area is 169 Å². The number of nitro groups is 1. The van der Waals surface area contributed by atoms with Crippen LogP contribution in [0.15, 0.2) is 48.8 Å². The van der Waals surface area contributed by atoms with Crippen molar-refractivity contribution in [3.8, 4) is 11.5 Å². The van der Waals surface area contributed by atoms with Crippen molar-refractivity contribution in [2.75, 3.05) is 5.32 Å². The lowest BCUT2D eigenvalue weighted by Gasteiger charge is -2.15. The molecule has 2 heterocycles. The van der Waals surface area contributed by atoms with Gasteiger partial charge in [0.15, 0.2) is 0 Å². The molecule has 0 bridgehead atoms. The van der Waals surface area contributed by atoms with Crippen LogP contribution >= 0.6 is 0 Å². The number of non-ortho nitro benzene ring substituents is 1. The second kappa shape index (κ2) is 8.64. The summed E-state index contributed by atoms with van der Waals surface area (Å²) in [5.41, 5.74) is -0.240. The van der Waals surface area contributed by atoms with Gasteiger partial charge in [0.1, 0.15) is 23.2 Å². The number of halogens is 2. The van der Waals surface area contributed by atoms with E-state index in [-0.39, 0.29) is 17.1 Å². The molecule has 0 aliphatic rings. The first kappa shape index (κ1) is 20.8. The minimum atomic E-state index is -2.76. The fourth-order valence-corrected chi connectivity index (χ4v) is 2.73. The molecule has 3 aromatic rings. The van der Waals surface area contributed by atoms with Crippen LogP contribution in [0, 0.1) is 17.0 Å². The predicted octanol–water partition coefficient (Wildman–Crippen LogP) is 4.42. The SMILES string of the molecule is Cc1cc(C(F)F)nn1C(C)C(=O)Nc1cc(Oc2cccnc2)cc([N+](=O)[O-])c1. The topological polar surface area (TPSA) is 112 Å². The van der Waals surface area contributed by atoms with Gasteiger partial charge in [0.2, 0.25) is 5.91 Å². The van der Waals surface area contributed by atoms with Gasteiger partial charge < -0.3 is 10.1 Å². The van der Waals surface area contributed by atoms with Crippen molar-refractivity contribution >= 4 is 17.3 Å². The lowest BCUT2D eigenvalue weighted by atomic mass is 10.2. The molecule has 30 heavy (non-hydrogen) atoms. The van der Waals surface area contributed by atoms with Gasteiger partial charge in [-0.2, -0.15) is 5.10 Å². The standard InChI is InChI=1S/C19H17F2N5O4/c1-11-6-17(18(20)21)24-25(11)12(2)19(27)23-13-7-14(26(28)29)9-16(8-13)30-15-4-3-5-22-10-15/h3-10,12,18H,1-2H3,(H,23,27). The van der Waals surface area contributed by atoms with Gasteiger partial charge in [0.25, 0.3) is 12.1 Å².